The lowest BCUT2D eigenvalue weighted by Crippen LogP contribution is -2.59. The van der Waals surface area contributed by atoms with Crippen LogP contribution in [0.4, 0.5) is 0 Å². The Morgan fingerprint density at radius 2 is 1.88 bits per heavy atom. The van der Waals surface area contributed by atoms with Gasteiger partial charge in [-0.05, 0) is 45.6 Å². The predicted molar refractivity (Wildman–Crippen MR) is 73.1 cm³/mol. The fraction of sp³-hybridized carbons (Fsp3) is 1.00. The molecule has 0 amide bonds. The van der Waals surface area contributed by atoms with Crippen LogP contribution in [0.25, 0.3) is 0 Å². The molecule has 0 aromatic rings. The number of nitrogens with zero attached hydrogens (tertiary/aromatic N) is 2. The van der Waals surface area contributed by atoms with Gasteiger partial charge in [-0.2, -0.15) is 0 Å². The molecule has 2 N–H and O–H groups in total. The van der Waals surface area contributed by atoms with Crippen molar-refractivity contribution in [1.29, 1.82) is 0 Å². The van der Waals surface area contributed by atoms with Gasteiger partial charge < -0.3 is 10.6 Å². The lowest BCUT2D eigenvalue weighted by molar-refractivity contribution is 0.0311. The number of hydrogen-bond donors (Lipinski definition) is 1. The molecule has 17 heavy (non-hydrogen) atoms. The third-order valence-electron chi connectivity index (χ3n) is 4.93. The highest BCUT2D eigenvalue weighted by molar-refractivity contribution is 4.99. The minimum atomic E-state index is 0.316. The van der Waals surface area contributed by atoms with Crippen LogP contribution in [0.15, 0.2) is 0 Å². The summed E-state index contributed by atoms with van der Waals surface area (Å²) in [7, 11) is 0. The molecule has 2 rings (SSSR count). The van der Waals surface area contributed by atoms with E-state index in [0.29, 0.717) is 11.6 Å². The molecule has 0 aromatic heterocycles. The highest BCUT2D eigenvalue weighted by Crippen LogP contribution is 2.33. The summed E-state index contributed by atoms with van der Waals surface area (Å²) in [6.07, 6.45) is 3.87. The molecule has 2 heterocycles. The predicted octanol–water partition coefficient (Wildman–Crippen LogP) is 1.53. The summed E-state index contributed by atoms with van der Waals surface area (Å²) in [5, 5.41) is 0. The van der Waals surface area contributed by atoms with Crippen molar-refractivity contribution in [2.75, 3.05) is 32.7 Å². The molecular formula is C14H29N3. The molecule has 0 spiro atoms. The van der Waals surface area contributed by atoms with Crippen LogP contribution in [-0.4, -0.2) is 54.1 Å². The van der Waals surface area contributed by atoms with Gasteiger partial charge >= 0.3 is 0 Å². The third-order valence-corrected chi connectivity index (χ3v) is 4.93. The van der Waals surface area contributed by atoms with E-state index >= 15 is 0 Å². The monoisotopic (exact) mass is 239 g/mol. The van der Waals surface area contributed by atoms with E-state index in [1.165, 1.54) is 45.4 Å². The number of likely N-dealkylation sites (tertiary alicyclic amines) is 2. The van der Waals surface area contributed by atoms with E-state index in [2.05, 4.69) is 30.6 Å². The van der Waals surface area contributed by atoms with Crippen LogP contribution in [0.1, 0.15) is 40.0 Å². The van der Waals surface area contributed by atoms with Crippen molar-refractivity contribution in [1.82, 2.24) is 9.80 Å². The van der Waals surface area contributed by atoms with Gasteiger partial charge in [-0.3, -0.25) is 4.90 Å². The average Bonchev–Trinajstić information content (AvgIpc) is 2.76. The summed E-state index contributed by atoms with van der Waals surface area (Å²) in [5.74, 6) is 0.863. The maximum Gasteiger partial charge on any atom is 0.0356 e. The molecule has 0 saturated carbocycles. The normalized spacial score (nSPS) is 31.2. The van der Waals surface area contributed by atoms with E-state index < -0.39 is 0 Å². The Morgan fingerprint density at radius 3 is 2.29 bits per heavy atom. The number of rotatable bonds is 3. The molecule has 2 aliphatic rings. The van der Waals surface area contributed by atoms with E-state index in [0.717, 1.165) is 12.5 Å². The average molecular weight is 239 g/mol. The quantitative estimate of drug-likeness (QED) is 0.811. The van der Waals surface area contributed by atoms with Crippen LogP contribution < -0.4 is 5.73 Å². The van der Waals surface area contributed by atoms with Gasteiger partial charge in [0.25, 0.3) is 0 Å². The van der Waals surface area contributed by atoms with Gasteiger partial charge in [0.1, 0.15) is 0 Å². The molecule has 100 valence electrons. The van der Waals surface area contributed by atoms with Crippen molar-refractivity contribution < 1.29 is 0 Å². The van der Waals surface area contributed by atoms with Gasteiger partial charge in [0, 0.05) is 37.8 Å². The molecule has 0 radical (unpaired) electrons. The van der Waals surface area contributed by atoms with E-state index in [1.54, 1.807) is 0 Å². The lowest BCUT2D eigenvalue weighted by Gasteiger charge is -2.48. The largest absolute Gasteiger partial charge is 0.329 e. The molecule has 2 saturated heterocycles. The van der Waals surface area contributed by atoms with E-state index in [-0.39, 0.29) is 0 Å². The van der Waals surface area contributed by atoms with Crippen molar-refractivity contribution in [3.8, 4) is 0 Å². The first-order valence-electron chi connectivity index (χ1n) is 7.26. The Hall–Kier alpha value is -0.120. The van der Waals surface area contributed by atoms with Crippen molar-refractivity contribution >= 4 is 0 Å². The smallest absolute Gasteiger partial charge is 0.0356 e. The van der Waals surface area contributed by atoms with Crippen LogP contribution in [0.3, 0.4) is 0 Å². The van der Waals surface area contributed by atoms with Crippen LogP contribution in [-0.2, 0) is 0 Å². The first kappa shape index (κ1) is 13.3. The standard InChI is InChI=1S/C14H29N3/c1-12(2)16-8-5-14(11-15,6-9-16)17-7-4-13(3)10-17/h12-13H,4-11,15H2,1-3H3. The van der Waals surface area contributed by atoms with Crippen molar-refractivity contribution in [2.45, 2.75) is 51.6 Å². The fourth-order valence-corrected chi connectivity index (χ4v) is 3.47. The van der Waals surface area contributed by atoms with Crippen molar-refractivity contribution in [3.63, 3.8) is 0 Å². The molecular weight excluding hydrogens is 210 g/mol. The minimum Gasteiger partial charge on any atom is -0.329 e. The van der Waals surface area contributed by atoms with Crippen molar-refractivity contribution in [2.24, 2.45) is 11.7 Å². The Kier molecular flexibility index (Phi) is 4.11. The van der Waals surface area contributed by atoms with E-state index in [4.69, 9.17) is 5.73 Å². The second kappa shape index (κ2) is 5.25. The molecule has 1 unspecified atom stereocenters. The summed E-state index contributed by atoms with van der Waals surface area (Å²) in [5.41, 5.74) is 6.44. The molecule has 0 aliphatic carbocycles. The lowest BCUT2D eigenvalue weighted by atomic mass is 9.85. The number of nitrogens with two attached hydrogens (primary N) is 1. The summed E-state index contributed by atoms with van der Waals surface area (Å²) >= 11 is 0. The highest BCUT2D eigenvalue weighted by Gasteiger charge is 2.41. The first-order chi connectivity index (χ1) is 8.07. The SMILES string of the molecule is CC1CCN(C2(CN)CCN(C(C)C)CC2)C1. The second-order valence-electron chi connectivity index (χ2n) is 6.40. The van der Waals surface area contributed by atoms with Crippen LogP contribution in [0, 0.1) is 5.92 Å². The Labute approximate surface area is 106 Å². The fourth-order valence-electron chi connectivity index (χ4n) is 3.47. The Morgan fingerprint density at radius 1 is 1.24 bits per heavy atom. The van der Waals surface area contributed by atoms with Crippen molar-refractivity contribution in [3.05, 3.63) is 0 Å². The van der Waals surface area contributed by atoms with Gasteiger partial charge in [-0.15, -0.1) is 0 Å². The minimum absolute atomic E-state index is 0.316. The first-order valence-corrected chi connectivity index (χ1v) is 7.26. The number of hydrogen-bond acceptors (Lipinski definition) is 3. The van der Waals surface area contributed by atoms with E-state index in [9.17, 15) is 0 Å². The molecule has 0 bridgehead atoms. The van der Waals surface area contributed by atoms with Gasteiger partial charge in [-0.1, -0.05) is 6.92 Å². The summed E-state index contributed by atoms with van der Waals surface area (Å²) < 4.78 is 0. The van der Waals surface area contributed by atoms with Crippen LogP contribution in [0.2, 0.25) is 0 Å². The van der Waals surface area contributed by atoms with Gasteiger partial charge in [0.05, 0.1) is 0 Å². The van der Waals surface area contributed by atoms with Gasteiger partial charge in [-0.25, -0.2) is 0 Å². The van der Waals surface area contributed by atoms with Gasteiger partial charge in [0.15, 0.2) is 0 Å². The van der Waals surface area contributed by atoms with Crippen LogP contribution in [0.5, 0.6) is 0 Å². The second-order valence-corrected chi connectivity index (χ2v) is 6.40. The summed E-state index contributed by atoms with van der Waals surface area (Å²) in [6.45, 7) is 12.8. The zero-order valence-electron chi connectivity index (χ0n) is 11.8. The van der Waals surface area contributed by atoms with E-state index in [1.807, 2.05) is 0 Å². The summed E-state index contributed by atoms with van der Waals surface area (Å²) in [4.78, 5) is 5.28. The zero-order chi connectivity index (χ0) is 12.5. The van der Waals surface area contributed by atoms with Crippen LogP contribution >= 0.6 is 0 Å². The Balaban J connectivity index is 1.98. The maximum atomic E-state index is 6.12. The molecule has 3 nitrogen and oxygen atoms in total. The van der Waals surface area contributed by atoms with Gasteiger partial charge in [0.2, 0.25) is 0 Å². The Bertz CT molecular complexity index is 244. The molecule has 2 aliphatic heterocycles. The highest BCUT2D eigenvalue weighted by atomic mass is 15.3. The zero-order valence-corrected chi connectivity index (χ0v) is 11.8. The number of piperidine rings is 1. The maximum absolute atomic E-state index is 6.12. The molecule has 1 atom stereocenters. The molecule has 0 aromatic carbocycles. The molecule has 2 fully saturated rings. The summed E-state index contributed by atoms with van der Waals surface area (Å²) in [6, 6.07) is 0.684. The topological polar surface area (TPSA) is 32.5 Å². The molecule has 3 heteroatoms. The third kappa shape index (κ3) is 2.67.